The number of rotatable bonds is 4. The van der Waals surface area contributed by atoms with Gasteiger partial charge in [0.05, 0.1) is 6.04 Å². The summed E-state index contributed by atoms with van der Waals surface area (Å²) < 4.78 is 0. The second-order valence-corrected chi connectivity index (χ2v) is 6.23. The molecule has 0 N–H and O–H groups in total. The maximum absolute atomic E-state index is 11.3. The number of hydrogen-bond acceptors (Lipinski definition) is 3. The third-order valence-corrected chi connectivity index (χ3v) is 4.84. The average Bonchev–Trinajstić information content (AvgIpc) is 2.56. The Balaban J connectivity index is 1.90. The van der Waals surface area contributed by atoms with Crippen molar-refractivity contribution in [3.8, 4) is 0 Å². The zero-order chi connectivity index (χ0) is 14.5. The van der Waals surface area contributed by atoms with Crippen LogP contribution in [0.3, 0.4) is 0 Å². The van der Waals surface area contributed by atoms with Crippen LogP contribution in [0.25, 0.3) is 0 Å². The van der Waals surface area contributed by atoms with E-state index in [-0.39, 0.29) is 6.04 Å². The maximum Gasteiger partial charge on any atom is 0.210 e. The van der Waals surface area contributed by atoms with E-state index in [2.05, 4.69) is 23.2 Å². The lowest BCUT2D eigenvalue weighted by atomic mass is 9.97. The van der Waals surface area contributed by atoms with Crippen molar-refractivity contribution in [2.45, 2.75) is 35.2 Å². The molecule has 3 nitrogen and oxygen atoms in total. The van der Waals surface area contributed by atoms with Crippen LogP contribution in [0.5, 0.6) is 0 Å². The van der Waals surface area contributed by atoms with Gasteiger partial charge in [-0.1, -0.05) is 36.0 Å². The van der Waals surface area contributed by atoms with Crippen molar-refractivity contribution < 1.29 is 4.79 Å². The van der Waals surface area contributed by atoms with Gasteiger partial charge in [0.2, 0.25) is 6.41 Å². The number of hydrogen-bond donors (Lipinski definition) is 0. The third kappa shape index (κ3) is 3.27. The van der Waals surface area contributed by atoms with Gasteiger partial charge in [-0.2, -0.15) is 0 Å². The quantitative estimate of drug-likeness (QED) is 0.802. The molecule has 1 aliphatic rings. The summed E-state index contributed by atoms with van der Waals surface area (Å²) in [5, 5.41) is 1.00. The van der Waals surface area contributed by atoms with Crippen LogP contribution in [-0.2, 0) is 4.79 Å². The highest BCUT2D eigenvalue weighted by Crippen LogP contribution is 2.37. The van der Waals surface area contributed by atoms with E-state index in [9.17, 15) is 4.79 Å². The summed E-state index contributed by atoms with van der Waals surface area (Å²) in [5.74, 6) is 0. The topological polar surface area (TPSA) is 33.2 Å². The molecule has 1 atom stereocenters. The molecule has 108 valence electrons. The summed E-state index contributed by atoms with van der Waals surface area (Å²) in [6, 6.07) is 14.5. The molecule has 3 rings (SSSR count). The molecule has 1 saturated heterocycles. The Morgan fingerprint density at radius 1 is 1.14 bits per heavy atom. The molecule has 1 amide bonds. The first-order chi connectivity index (χ1) is 10.4. The predicted octanol–water partition coefficient (Wildman–Crippen LogP) is 3.92. The number of piperidine rings is 1. The van der Waals surface area contributed by atoms with E-state index in [0.717, 1.165) is 36.4 Å². The van der Waals surface area contributed by atoms with Crippen LogP contribution in [0.1, 0.15) is 30.9 Å². The lowest BCUT2D eigenvalue weighted by molar-refractivity contribution is -0.121. The van der Waals surface area contributed by atoms with Crippen molar-refractivity contribution in [2.24, 2.45) is 0 Å². The van der Waals surface area contributed by atoms with Gasteiger partial charge in [-0.3, -0.25) is 4.79 Å². The van der Waals surface area contributed by atoms with Gasteiger partial charge in [-0.05, 0) is 37.5 Å². The first-order valence-electron chi connectivity index (χ1n) is 7.27. The normalized spacial score (nSPS) is 18.5. The Kier molecular flexibility index (Phi) is 4.55. The van der Waals surface area contributed by atoms with Crippen molar-refractivity contribution in [2.75, 3.05) is 6.54 Å². The second-order valence-electron chi connectivity index (χ2n) is 5.17. The number of aromatic nitrogens is 1. The van der Waals surface area contributed by atoms with E-state index in [1.807, 2.05) is 35.4 Å². The first kappa shape index (κ1) is 14.1. The maximum atomic E-state index is 11.3. The van der Waals surface area contributed by atoms with Crippen molar-refractivity contribution in [1.82, 2.24) is 9.88 Å². The number of carbonyl (C=O) groups excluding carboxylic acids is 1. The minimum Gasteiger partial charge on any atom is -0.338 e. The molecule has 0 aliphatic carbocycles. The zero-order valence-electron chi connectivity index (χ0n) is 11.8. The number of carbonyl (C=O) groups is 1. The molecule has 0 saturated carbocycles. The number of likely N-dealkylation sites (tertiary alicyclic amines) is 1. The van der Waals surface area contributed by atoms with Crippen molar-refractivity contribution in [3.63, 3.8) is 0 Å². The monoisotopic (exact) mass is 298 g/mol. The van der Waals surface area contributed by atoms with Gasteiger partial charge in [-0.15, -0.1) is 0 Å². The molecule has 1 fully saturated rings. The fourth-order valence-corrected chi connectivity index (χ4v) is 3.71. The fourth-order valence-electron chi connectivity index (χ4n) is 2.76. The largest absolute Gasteiger partial charge is 0.338 e. The second kappa shape index (κ2) is 6.76. The summed E-state index contributed by atoms with van der Waals surface area (Å²) in [4.78, 5) is 18.9. The number of nitrogens with zero attached hydrogens (tertiary/aromatic N) is 2. The van der Waals surface area contributed by atoms with E-state index < -0.39 is 0 Å². The molecule has 1 aromatic carbocycles. The highest BCUT2D eigenvalue weighted by molar-refractivity contribution is 7.99. The van der Waals surface area contributed by atoms with Gasteiger partial charge in [0.1, 0.15) is 5.03 Å². The van der Waals surface area contributed by atoms with Gasteiger partial charge in [-0.25, -0.2) is 4.98 Å². The van der Waals surface area contributed by atoms with E-state index in [0.29, 0.717) is 0 Å². The Morgan fingerprint density at radius 3 is 2.81 bits per heavy atom. The number of amides is 1. The van der Waals surface area contributed by atoms with E-state index in [1.165, 1.54) is 11.3 Å². The van der Waals surface area contributed by atoms with Crippen LogP contribution < -0.4 is 0 Å². The summed E-state index contributed by atoms with van der Waals surface area (Å²) in [5.41, 5.74) is 1.16. The highest BCUT2D eigenvalue weighted by atomic mass is 32.2. The lowest BCUT2D eigenvalue weighted by Crippen LogP contribution is -2.32. The average molecular weight is 298 g/mol. The fraction of sp³-hybridized carbons (Fsp3) is 0.294. The summed E-state index contributed by atoms with van der Waals surface area (Å²) in [6.45, 7) is 0.846. The van der Waals surface area contributed by atoms with Crippen molar-refractivity contribution in [3.05, 3.63) is 54.2 Å². The highest BCUT2D eigenvalue weighted by Gasteiger charge is 2.25. The summed E-state index contributed by atoms with van der Waals surface area (Å²) in [6.07, 6.45) is 6.08. The molecule has 2 aromatic rings. The molecule has 1 aliphatic heterocycles. The van der Waals surface area contributed by atoms with Gasteiger partial charge in [0.25, 0.3) is 0 Å². The first-order valence-corrected chi connectivity index (χ1v) is 8.09. The third-order valence-electron chi connectivity index (χ3n) is 3.80. The molecule has 0 spiro atoms. The van der Waals surface area contributed by atoms with Gasteiger partial charge in [0, 0.05) is 23.2 Å². The minimum absolute atomic E-state index is 0.163. The van der Waals surface area contributed by atoms with Crippen LogP contribution in [-0.4, -0.2) is 22.8 Å². The molecular weight excluding hydrogens is 280 g/mol. The van der Waals surface area contributed by atoms with Crippen molar-refractivity contribution in [1.29, 1.82) is 0 Å². The van der Waals surface area contributed by atoms with Crippen LogP contribution >= 0.6 is 11.8 Å². The lowest BCUT2D eigenvalue weighted by Gasteiger charge is -2.33. The molecule has 1 aromatic heterocycles. The van der Waals surface area contributed by atoms with Gasteiger partial charge < -0.3 is 4.90 Å². The summed E-state index contributed by atoms with van der Waals surface area (Å²) >= 11 is 1.67. The van der Waals surface area contributed by atoms with Crippen molar-refractivity contribution >= 4 is 18.2 Å². The molecule has 2 heterocycles. The minimum atomic E-state index is 0.163. The van der Waals surface area contributed by atoms with Crippen LogP contribution in [0, 0.1) is 0 Å². The Hall–Kier alpha value is -1.81. The smallest absolute Gasteiger partial charge is 0.210 e. The van der Waals surface area contributed by atoms with E-state index in [4.69, 9.17) is 0 Å². The molecule has 21 heavy (non-hydrogen) atoms. The van der Waals surface area contributed by atoms with E-state index >= 15 is 0 Å². The molecular formula is C17H18N2OS. The molecule has 1 unspecified atom stereocenters. The standard InChI is InChI=1S/C17H18N2OS/c20-13-19-12-5-4-10-16(19)15-9-6-11-18-17(15)21-14-7-2-1-3-8-14/h1-3,6-9,11,13,16H,4-5,10,12H2. The van der Waals surface area contributed by atoms with Gasteiger partial charge in [0.15, 0.2) is 0 Å². The van der Waals surface area contributed by atoms with Crippen LogP contribution in [0.4, 0.5) is 0 Å². The molecule has 4 heteroatoms. The van der Waals surface area contributed by atoms with E-state index in [1.54, 1.807) is 11.8 Å². The van der Waals surface area contributed by atoms with Gasteiger partial charge >= 0.3 is 0 Å². The predicted molar refractivity (Wildman–Crippen MR) is 84.2 cm³/mol. The summed E-state index contributed by atoms with van der Waals surface area (Å²) in [7, 11) is 0. The zero-order valence-corrected chi connectivity index (χ0v) is 12.6. The molecule has 0 bridgehead atoms. The van der Waals surface area contributed by atoms with Crippen LogP contribution in [0.2, 0.25) is 0 Å². The SMILES string of the molecule is O=CN1CCCCC1c1cccnc1Sc1ccccc1. The number of benzene rings is 1. The van der Waals surface area contributed by atoms with Crippen LogP contribution in [0.15, 0.2) is 58.6 Å². The number of pyridine rings is 1. The Morgan fingerprint density at radius 2 is 2.00 bits per heavy atom. The Bertz CT molecular complexity index is 603. The molecule has 0 radical (unpaired) electrons. The Labute approximate surface area is 129 Å².